The van der Waals surface area contributed by atoms with Crippen molar-refractivity contribution in [3.05, 3.63) is 48.3 Å². The molecule has 1 heterocycles. The molecule has 0 amide bonds. The molecule has 2 aromatic rings. The van der Waals surface area contributed by atoms with Crippen LogP contribution in [0.4, 0.5) is 0 Å². The van der Waals surface area contributed by atoms with E-state index in [1.165, 1.54) is 0 Å². The van der Waals surface area contributed by atoms with Crippen molar-refractivity contribution < 1.29 is 8.42 Å². The highest BCUT2D eigenvalue weighted by atomic mass is 32.2. The predicted molar refractivity (Wildman–Crippen MR) is 79.3 cm³/mol. The molecular weight excluding hydrogens is 272 g/mol. The van der Waals surface area contributed by atoms with Gasteiger partial charge in [-0.15, -0.1) is 0 Å². The topological polar surface area (TPSA) is 52.0 Å². The molecule has 0 radical (unpaired) electrons. The van der Waals surface area contributed by atoms with Crippen LogP contribution in [0.1, 0.15) is 24.8 Å². The van der Waals surface area contributed by atoms with Gasteiger partial charge in [-0.3, -0.25) is 4.68 Å². The molecule has 0 aliphatic heterocycles. The first kappa shape index (κ1) is 14.8. The normalized spacial score (nSPS) is 11.7. The molecule has 0 N–H and O–H groups in total. The van der Waals surface area contributed by atoms with Gasteiger partial charge in [0.1, 0.15) is 0 Å². The molecule has 0 saturated heterocycles. The van der Waals surface area contributed by atoms with Gasteiger partial charge in [-0.2, -0.15) is 5.10 Å². The van der Waals surface area contributed by atoms with Gasteiger partial charge in [0.2, 0.25) is 0 Å². The van der Waals surface area contributed by atoms with Crippen LogP contribution in [0, 0.1) is 6.92 Å². The Balaban J connectivity index is 1.73. The van der Waals surface area contributed by atoms with Crippen molar-refractivity contribution in [1.82, 2.24) is 9.78 Å². The van der Waals surface area contributed by atoms with Crippen molar-refractivity contribution in [3.63, 3.8) is 0 Å². The number of hydrogen-bond donors (Lipinski definition) is 0. The maximum atomic E-state index is 12.1. The first-order chi connectivity index (χ1) is 9.58. The van der Waals surface area contributed by atoms with Crippen LogP contribution in [-0.4, -0.2) is 24.0 Å². The Hall–Kier alpha value is -1.62. The Morgan fingerprint density at radius 1 is 1.10 bits per heavy atom. The van der Waals surface area contributed by atoms with E-state index in [0.717, 1.165) is 24.9 Å². The van der Waals surface area contributed by atoms with E-state index in [0.29, 0.717) is 11.3 Å². The van der Waals surface area contributed by atoms with Gasteiger partial charge in [0, 0.05) is 12.7 Å². The van der Waals surface area contributed by atoms with Gasteiger partial charge in [-0.1, -0.05) is 24.6 Å². The number of aryl methyl sites for hydroxylation is 2. The number of aromatic nitrogens is 2. The van der Waals surface area contributed by atoms with E-state index in [1.54, 1.807) is 24.3 Å². The van der Waals surface area contributed by atoms with Crippen molar-refractivity contribution in [2.24, 2.45) is 0 Å². The summed E-state index contributed by atoms with van der Waals surface area (Å²) in [5.74, 6) is 0.217. The molecule has 4 nitrogen and oxygen atoms in total. The summed E-state index contributed by atoms with van der Waals surface area (Å²) < 4.78 is 26.0. The van der Waals surface area contributed by atoms with Gasteiger partial charge in [0.25, 0.3) is 0 Å². The Labute approximate surface area is 120 Å². The van der Waals surface area contributed by atoms with E-state index in [1.807, 2.05) is 30.1 Å². The number of benzene rings is 1. The first-order valence-electron chi connectivity index (χ1n) is 6.85. The molecule has 1 aromatic heterocycles. The van der Waals surface area contributed by atoms with Gasteiger partial charge in [-0.25, -0.2) is 8.42 Å². The standard InChI is InChI=1S/C15H20N2O2S/c1-14-12-16-17(13-14)10-6-3-7-11-20(18,19)15-8-4-2-5-9-15/h2,4-5,8-9,12-13H,3,6-7,10-11H2,1H3. The predicted octanol–water partition coefficient (Wildman–Crippen LogP) is 2.84. The van der Waals surface area contributed by atoms with Crippen LogP contribution in [0.5, 0.6) is 0 Å². The number of hydrogen-bond acceptors (Lipinski definition) is 3. The molecule has 1 aromatic carbocycles. The van der Waals surface area contributed by atoms with Gasteiger partial charge in [-0.05, 0) is 37.5 Å². The van der Waals surface area contributed by atoms with Crippen LogP contribution in [0.2, 0.25) is 0 Å². The van der Waals surface area contributed by atoms with Crippen LogP contribution >= 0.6 is 0 Å². The second-order valence-corrected chi connectivity index (χ2v) is 7.08. The zero-order chi connectivity index (χ0) is 14.4. The molecule has 108 valence electrons. The molecule has 0 unspecified atom stereocenters. The van der Waals surface area contributed by atoms with Crippen molar-refractivity contribution >= 4 is 9.84 Å². The third kappa shape index (κ3) is 4.20. The van der Waals surface area contributed by atoms with E-state index in [-0.39, 0.29) is 5.75 Å². The van der Waals surface area contributed by atoms with Gasteiger partial charge < -0.3 is 0 Å². The van der Waals surface area contributed by atoms with Crippen LogP contribution in [0.15, 0.2) is 47.6 Å². The zero-order valence-electron chi connectivity index (χ0n) is 11.7. The summed E-state index contributed by atoms with van der Waals surface area (Å²) in [7, 11) is -3.12. The fourth-order valence-corrected chi connectivity index (χ4v) is 3.47. The van der Waals surface area contributed by atoms with Gasteiger partial charge in [0.05, 0.1) is 16.8 Å². The minimum atomic E-state index is -3.12. The monoisotopic (exact) mass is 292 g/mol. The van der Waals surface area contributed by atoms with Gasteiger partial charge in [0.15, 0.2) is 9.84 Å². The van der Waals surface area contributed by atoms with E-state index < -0.39 is 9.84 Å². The summed E-state index contributed by atoms with van der Waals surface area (Å²) in [4.78, 5) is 0.419. The summed E-state index contributed by atoms with van der Waals surface area (Å²) in [6.07, 6.45) is 6.37. The number of nitrogens with zero attached hydrogens (tertiary/aromatic N) is 2. The van der Waals surface area contributed by atoms with E-state index in [9.17, 15) is 8.42 Å². The van der Waals surface area contributed by atoms with Crippen molar-refractivity contribution in [3.8, 4) is 0 Å². The smallest absolute Gasteiger partial charge is 0.178 e. The highest BCUT2D eigenvalue weighted by Crippen LogP contribution is 2.12. The average Bonchev–Trinajstić information content (AvgIpc) is 2.85. The van der Waals surface area contributed by atoms with Gasteiger partial charge >= 0.3 is 0 Å². The van der Waals surface area contributed by atoms with Crippen LogP contribution < -0.4 is 0 Å². The molecule has 0 aliphatic carbocycles. The van der Waals surface area contributed by atoms with Crippen molar-refractivity contribution in [2.45, 2.75) is 37.6 Å². The van der Waals surface area contributed by atoms with Crippen LogP contribution in [0.3, 0.4) is 0 Å². The highest BCUT2D eigenvalue weighted by Gasteiger charge is 2.12. The van der Waals surface area contributed by atoms with Crippen molar-refractivity contribution in [1.29, 1.82) is 0 Å². The molecule has 0 atom stereocenters. The zero-order valence-corrected chi connectivity index (χ0v) is 12.5. The number of unbranched alkanes of at least 4 members (excludes halogenated alkanes) is 2. The quantitative estimate of drug-likeness (QED) is 0.737. The molecule has 0 saturated carbocycles. The van der Waals surface area contributed by atoms with E-state index in [4.69, 9.17) is 0 Å². The fourth-order valence-electron chi connectivity index (χ4n) is 2.08. The Morgan fingerprint density at radius 2 is 1.85 bits per heavy atom. The van der Waals surface area contributed by atoms with E-state index >= 15 is 0 Å². The summed E-state index contributed by atoms with van der Waals surface area (Å²) >= 11 is 0. The Kier molecular flexibility index (Phi) is 4.95. The van der Waals surface area contributed by atoms with E-state index in [2.05, 4.69) is 5.10 Å². The lowest BCUT2D eigenvalue weighted by molar-refractivity contribution is 0.548. The number of sulfone groups is 1. The molecule has 5 heteroatoms. The third-order valence-electron chi connectivity index (χ3n) is 3.16. The second-order valence-electron chi connectivity index (χ2n) is 4.97. The molecule has 0 bridgehead atoms. The lowest BCUT2D eigenvalue weighted by Gasteiger charge is -2.04. The molecular formula is C15H20N2O2S. The molecule has 0 spiro atoms. The maximum Gasteiger partial charge on any atom is 0.178 e. The Bertz CT molecular complexity index is 633. The third-order valence-corrected chi connectivity index (χ3v) is 4.98. The molecule has 2 rings (SSSR count). The molecule has 20 heavy (non-hydrogen) atoms. The maximum absolute atomic E-state index is 12.1. The summed E-state index contributed by atoms with van der Waals surface area (Å²) in [6, 6.07) is 8.65. The average molecular weight is 292 g/mol. The number of rotatable bonds is 7. The van der Waals surface area contributed by atoms with Crippen LogP contribution in [-0.2, 0) is 16.4 Å². The SMILES string of the molecule is Cc1cnn(CCCCCS(=O)(=O)c2ccccc2)c1. The summed E-state index contributed by atoms with van der Waals surface area (Å²) in [5.41, 5.74) is 1.15. The largest absolute Gasteiger partial charge is 0.272 e. The Morgan fingerprint density at radius 3 is 2.50 bits per heavy atom. The highest BCUT2D eigenvalue weighted by molar-refractivity contribution is 7.91. The van der Waals surface area contributed by atoms with Crippen LogP contribution in [0.25, 0.3) is 0 Å². The first-order valence-corrected chi connectivity index (χ1v) is 8.50. The molecule has 0 fully saturated rings. The minimum Gasteiger partial charge on any atom is -0.272 e. The summed E-state index contributed by atoms with van der Waals surface area (Å²) in [6.45, 7) is 2.86. The minimum absolute atomic E-state index is 0.217. The second kappa shape index (κ2) is 6.70. The fraction of sp³-hybridized carbons (Fsp3) is 0.400. The molecule has 0 aliphatic rings. The lowest BCUT2D eigenvalue weighted by Crippen LogP contribution is -2.07. The lowest BCUT2D eigenvalue weighted by atomic mass is 10.2. The summed E-state index contributed by atoms with van der Waals surface area (Å²) in [5, 5.41) is 4.21. The van der Waals surface area contributed by atoms with Crippen molar-refractivity contribution in [2.75, 3.05) is 5.75 Å².